The first-order chi connectivity index (χ1) is 25.3. The van der Waals surface area contributed by atoms with E-state index in [1.807, 2.05) is 0 Å². The fourth-order valence-corrected chi connectivity index (χ4v) is 6.32. The Bertz CT molecular complexity index is 2030. The monoisotopic (exact) mass is 795 g/mol. The molecule has 5 rings (SSSR count). The van der Waals surface area contributed by atoms with E-state index in [0.29, 0.717) is 6.61 Å². The van der Waals surface area contributed by atoms with Crippen molar-refractivity contribution in [1.82, 2.24) is 29.7 Å². The minimum absolute atomic E-state index is 0.00116. The van der Waals surface area contributed by atoms with Crippen LogP contribution in [0.25, 0.3) is 17.2 Å². The predicted octanol–water partition coefficient (Wildman–Crippen LogP) is 4.53. The van der Waals surface area contributed by atoms with E-state index in [0.717, 1.165) is 22.9 Å². The van der Waals surface area contributed by atoms with Crippen molar-refractivity contribution in [3.05, 3.63) is 59.9 Å². The number of pyridine rings is 1. The predicted molar refractivity (Wildman–Crippen MR) is 172 cm³/mol. The van der Waals surface area contributed by atoms with Crippen LogP contribution in [0, 0.1) is 5.82 Å². The Morgan fingerprint density at radius 1 is 0.981 bits per heavy atom. The first-order valence-electron chi connectivity index (χ1n) is 15.7. The number of anilines is 1. The number of halogens is 7. The van der Waals surface area contributed by atoms with Crippen LogP contribution in [0.5, 0.6) is 17.4 Å². The zero-order valence-corrected chi connectivity index (χ0v) is 29.5. The number of hydrogen-bond donors (Lipinski definition) is 2. The number of benzene rings is 1. The van der Waals surface area contributed by atoms with Gasteiger partial charge in [-0.05, 0) is 25.1 Å². The molecule has 0 amide bonds. The standard InChI is InChI=1S/C31H32F7N7O8S/c1-16(26-39-13-18(32)24(41-26)22-14-51-11-12-52-22)17(2)54(47,48)44-28-43-42-27(45(28)25-20(49-3)8-6-9-21(25)50-4)19-7-5-10-23(40-19)53-15-29(46,30(33,34)35)31(36,37)38/h5-10,13,16-17,22,46H,11-12,14-15H2,1-4H3,(H,43,44)/t16?,17?,22-/m0/s1. The van der Waals surface area contributed by atoms with Crippen molar-refractivity contribution in [2.24, 2.45) is 0 Å². The molecule has 1 fully saturated rings. The van der Waals surface area contributed by atoms with Crippen LogP contribution in [-0.2, 0) is 19.5 Å². The van der Waals surface area contributed by atoms with Gasteiger partial charge in [0, 0.05) is 12.0 Å². The Labute approximate surface area is 302 Å². The van der Waals surface area contributed by atoms with Gasteiger partial charge in [-0.25, -0.2) is 27.8 Å². The van der Waals surface area contributed by atoms with E-state index < -0.39 is 69.5 Å². The molecule has 4 heterocycles. The molecular weight excluding hydrogens is 763 g/mol. The van der Waals surface area contributed by atoms with Crippen molar-refractivity contribution < 1.29 is 67.9 Å². The number of nitrogens with one attached hydrogen (secondary N) is 1. The van der Waals surface area contributed by atoms with E-state index in [9.17, 15) is 44.3 Å². The average Bonchev–Trinajstić information content (AvgIpc) is 3.54. The number of alkyl halides is 6. The van der Waals surface area contributed by atoms with Crippen molar-refractivity contribution in [2.75, 3.05) is 45.4 Å². The van der Waals surface area contributed by atoms with Crippen LogP contribution in [0.4, 0.5) is 36.7 Å². The smallest absolute Gasteiger partial charge is 0.429 e. The van der Waals surface area contributed by atoms with Gasteiger partial charge >= 0.3 is 12.4 Å². The number of methoxy groups -OCH3 is 2. The summed E-state index contributed by atoms with van der Waals surface area (Å²) in [7, 11) is -1.91. The highest BCUT2D eigenvalue weighted by Gasteiger charge is 2.71. The fraction of sp³-hybridized carbons (Fsp3) is 0.452. The lowest BCUT2D eigenvalue weighted by Crippen LogP contribution is -2.60. The maximum atomic E-state index is 14.7. The summed E-state index contributed by atoms with van der Waals surface area (Å²) in [6, 6.07) is 7.77. The molecule has 2 N–H and O–H groups in total. The summed E-state index contributed by atoms with van der Waals surface area (Å²) in [6.45, 7) is 1.05. The van der Waals surface area contributed by atoms with E-state index >= 15 is 0 Å². The Hall–Kier alpha value is -4.87. The Balaban J connectivity index is 1.53. The van der Waals surface area contributed by atoms with Crippen molar-refractivity contribution in [2.45, 2.75) is 49.1 Å². The third-order valence-corrected chi connectivity index (χ3v) is 10.2. The number of para-hydroxylation sites is 1. The summed E-state index contributed by atoms with van der Waals surface area (Å²) in [5.74, 6) is -3.23. The molecule has 294 valence electrons. The molecule has 0 bridgehead atoms. The second-order valence-electron chi connectivity index (χ2n) is 11.7. The first kappa shape index (κ1) is 40.3. The largest absolute Gasteiger partial charge is 0.494 e. The van der Waals surface area contributed by atoms with E-state index in [-0.39, 0.29) is 53.4 Å². The van der Waals surface area contributed by atoms with Gasteiger partial charge in [-0.15, -0.1) is 10.2 Å². The molecule has 1 aliphatic heterocycles. The second kappa shape index (κ2) is 15.5. The highest BCUT2D eigenvalue weighted by Crippen LogP contribution is 2.43. The zero-order chi connectivity index (χ0) is 39.6. The fourth-order valence-electron chi connectivity index (χ4n) is 5.09. The lowest BCUT2D eigenvalue weighted by atomic mass is 10.0. The lowest BCUT2D eigenvalue weighted by molar-refractivity contribution is -0.373. The van der Waals surface area contributed by atoms with Gasteiger partial charge in [0.05, 0.1) is 45.5 Å². The minimum atomic E-state index is -6.16. The summed E-state index contributed by atoms with van der Waals surface area (Å²) in [4.78, 5) is 12.2. The number of ether oxygens (including phenoxy) is 5. The molecular formula is C31H32F7N7O8S. The highest BCUT2D eigenvalue weighted by molar-refractivity contribution is 7.93. The van der Waals surface area contributed by atoms with Crippen molar-refractivity contribution in [3.63, 3.8) is 0 Å². The van der Waals surface area contributed by atoms with Crippen molar-refractivity contribution >= 4 is 16.0 Å². The summed E-state index contributed by atoms with van der Waals surface area (Å²) in [5, 5.41) is 16.2. The van der Waals surface area contributed by atoms with Crippen LogP contribution in [0.3, 0.4) is 0 Å². The van der Waals surface area contributed by atoms with Crippen LogP contribution < -0.4 is 18.9 Å². The first-order valence-corrected chi connectivity index (χ1v) is 17.2. The van der Waals surface area contributed by atoms with Gasteiger partial charge in [0.2, 0.25) is 21.9 Å². The molecule has 0 saturated carbocycles. The molecule has 1 aliphatic rings. The Morgan fingerprint density at radius 3 is 2.22 bits per heavy atom. The van der Waals surface area contributed by atoms with Gasteiger partial charge in [-0.1, -0.05) is 19.1 Å². The Kier molecular flexibility index (Phi) is 11.6. The number of sulfonamides is 1. The SMILES string of the molecule is COc1cccc(OC)c1-n1c(NS(=O)(=O)C(C)C(C)c2ncc(F)c([C@@H]3COCCO3)n2)nnc1-c1cccc(OCC(O)(C(F)(F)F)C(F)(F)F)n1. The highest BCUT2D eigenvalue weighted by atomic mass is 32.2. The minimum Gasteiger partial charge on any atom is -0.494 e. The average molecular weight is 796 g/mol. The van der Waals surface area contributed by atoms with Crippen LogP contribution in [0.1, 0.15) is 37.4 Å². The summed E-state index contributed by atoms with van der Waals surface area (Å²) < 4.78 is 152. The van der Waals surface area contributed by atoms with Gasteiger partial charge in [-0.2, -0.15) is 26.3 Å². The molecule has 0 radical (unpaired) electrons. The summed E-state index contributed by atoms with van der Waals surface area (Å²) in [5.41, 5.74) is -5.64. The third-order valence-electron chi connectivity index (χ3n) is 8.35. The van der Waals surface area contributed by atoms with Crippen molar-refractivity contribution in [3.8, 4) is 34.6 Å². The maximum absolute atomic E-state index is 14.7. The molecule has 0 aliphatic carbocycles. The van der Waals surface area contributed by atoms with E-state index in [1.54, 1.807) is 0 Å². The van der Waals surface area contributed by atoms with Crippen LogP contribution in [0.2, 0.25) is 0 Å². The molecule has 3 atom stereocenters. The third kappa shape index (κ3) is 7.98. The van der Waals surface area contributed by atoms with Gasteiger partial charge in [0.1, 0.15) is 47.1 Å². The summed E-state index contributed by atoms with van der Waals surface area (Å²) in [6.07, 6.45) is -12.3. The quantitative estimate of drug-likeness (QED) is 0.180. The molecule has 3 aromatic heterocycles. The van der Waals surface area contributed by atoms with Crippen molar-refractivity contribution in [1.29, 1.82) is 0 Å². The Morgan fingerprint density at radius 2 is 1.63 bits per heavy atom. The molecule has 23 heteroatoms. The van der Waals surface area contributed by atoms with E-state index in [1.165, 1.54) is 52.3 Å². The molecule has 4 aromatic rings. The van der Waals surface area contributed by atoms with Gasteiger partial charge in [0.25, 0.3) is 5.60 Å². The molecule has 15 nitrogen and oxygen atoms in total. The number of rotatable bonds is 13. The number of nitrogens with zero attached hydrogens (tertiary/aromatic N) is 6. The second-order valence-corrected chi connectivity index (χ2v) is 13.8. The topological polar surface area (TPSA) is 182 Å². The lowest BCUT2D eigenvalue weighted by Gasteiger charge is -2.31. The van der Waals surface area contributed by atoms with Crippen LogP contribution in [-0.4, -0.2) is 107 Å². The summed E-state index contributed by atoms with van der Waals surface area (Å²) >= 11 is 0. The molecule has 2 unspecified atom stereocenters. The van der Waals surface area contributed by atoms with Gasteiger partial charge < -0.3 is 28.8 Å². The number of hydrogen-bond acceptors (Lipinski definition) is 13. The van der Waals surface area contributed by atoms with Crippen LogP contribution in [0.15, 0.2) is 42.6 Å². The van der Waals surface area contributed by atoms with Gasteiger partial charge in [0.15, 0.2) is 11.6 Å². The van der Waals surface area contributed by atoms with Crippen LogP contribution >= 0.6 is 0 Å². The molecule has 1 aromatic carbocycles. The number of aliphatic hydroxyl groups is 1. The maximum Gasteiger partial charge on any atom is 0.429 e. The normalized spacial score (nSPS) is 16.8. The zero-order valence-electron chi connectivity index (χ0n) is 28.6. The van der Waals surface area contributed by atoms with E-state index in [4.69, 9.17) is 23.7 Å². The van der Waals surface area contributed by atoms with E-state index in [2.05, 4.69) is 29.9 Å². The molecule has 54 heavy (non-hydrogen) atoms. The number of aromatic nitrogens is 6. The molecule has 0 spiro atoms. The molecule has 1 saturated heterocycles. The van der Waals surface area contributed by atoms with Gasteiger partial charge in [-0.3, -0.25) is 9.29 Å².